The number of nitrogens with one attached hydrogen (secondary N) is 2. The maximum absolute atomic E-state index is 11.9. The molecule has 1 aromatic carbocycles. The highest BCUT2D eigenvalue weighted by Gasteiger charge is 2.08. The molecule has 6 nitrogen and oxygen atoms in total. The van der Waals surface area contributed by atoms with Crippen molar-refractivity contribution in [2.45, 2.75) is 26.2 Å². The first-order valence-electron chi connectivity index (χ1n) is 9.52. The molecule has 6 heteroatoms. The SMILES string of the molecule is CNCCN(CCNC)CCC(=O)OCCCCOc1ccc(C)cc1. The first kappa shape index (κ1) is 22.4. The van der Waals surface area contributed by atoms with Crippen molar-refractivity contribution in [3.8, 4) is 5.75 Å². The second-order valence-corrected chi connectivity index (χ2v) is 6.39. The van der Waals surface area contributed by atoms with Gasteiger partial charge < -0.3 is 25.0 Å². The molecule has 0 amide bonds. The van der Waals surface area contributed by atoms with Gasteiger partial charge in [-0.3, -0.25) is 4.79 Å². The van der Waals surface area contributed by atoms with Gasteiger partial charge in [-0.25, -0.2) is 0 Å². The summed E-state index contributed by atoms with van der Waals surface area (Å²) < 4.78 is 11.0. The fraction of sp³-hybridized carbons (Fsp3) is 0.650. The molecule has 0 spiro atoms. The number of likely N-dealkylation sites (N-methyl/N-ethyl adjacent to an activating group) is 2. The van der Waals surface area contributed by atoms with Crippen molar-refractivity contribution in [1.29, 1.82) is 0 Å². The molecule has 0 aliphatic rings. The van der Waals surface area contributed by atoms with Crippen molar-refractivity contribution in [2.75, 3.05) is 60.0 Å². The summed E-state index contributed by atoms with van der Waals surface area (Å²) >= 11 is 0. The van der Waals surface area contributed by atoms with Gasteiger partial charge in [0.15, 0.2) is 0 Å². The van der Waals surface area contributed by atoms with Gasteiger partial charge in [-0.2, -0.15) is 0 Å². The number of hydrogen-bond donors (Lipinski definition) is 2. The molecule has 0 aliphatic heterocycles. The number of benzene rings is 1. The van der Waals surface area contributed by atoms with E-state index in [9.17, 15) is 4.79 Å². The Balaban J connectivity index is 2.06. The van der Waals surface area contributed by atoms with Crippen LogP contribution in [0, 0.1) is 6.92 Å². The molecule has 0 heterocycles. The van der Waals surface area contributed by atoms with Crippen LogP contribution in [0.25, 0.3) is 0 Å². The largest absolute Gasteiger partial charge is 0.494 e. The number of esters is 1. The van der Waals surface area contributed by atoms with E-state index in [-0.39, 0.29) is 5.97 Å². The molecule has 0 unspecified atom stereocenters. The van der Waals surface area contributed by atoms with Crippen LogP contribution in [0.5, 0.6) is 5.75 Å². The van der Waals surface area contributed by atoms with E-state index >= 15 is 0 Å². The van der Waals surface area contributed by atoms with Crippen molar-refractivity contribution in [2.24, 2.45) is 0 Å². The maximum Gasteiger partial charge on any atom is 0.307 e. The summed E-state index contributed by atoms with van der Waals surface area (Å²) in [4.78, 5) is 14.1. The maximum atomic E-state index is 11.9. The van der Waals surface area contributed by atoms with Gasteiger partial charge in [0.1, 0.15) is 5.75 Å². The fourth-order valence-corrected chi connectivity index (χ4v) is 2.41. The van der Waals surface area contributed by atoms with Gasteiger partial charge in [0.25, 0.3) is 0 Å². The van der Waals surface area contributed by atoms with E-state index in [1.807, 2.05) is 38.4 Å². The topological polar surface area (TPSA) is 62.8 Å². The zero-order valence-corrected chi connectivity index (χ0v) is 16.6. The minimum Gasteiger partial charge on any atom is -0.494 e. The van der Waals surface area contributed by atoms with Gasteiger partial charge in [0.2, 0.25) is 0 Å². The average molecular weight is 366 g/mol. The van der Waals surface area contributed by atoms with Crippen LogP contribution in [-0.4, -0.2) is 70.9 Å². The van der Waals surface area contributed by atoms with Crippen molar-refractivity contribution in [3.05, 3.63) is 29.8 Å². The van der Waals surface area contributed by atoms with Crippen molar-refractivity contribution < 1.29 is 14.3 Å². The van der Waals surface area contributed by atoms with E-state index in [0.29, 0.717) is 19.6 Å². The minimum absolute atomic E-state index is 0.122. The Bertz CT molecular complexity index is 472. The molecule has 0 fully saturated rings. The Kier molecular flexibility index (Phi) is 12.5. The molecule has 0 saturated carbocycles. The molecule has 0 aliphatic carbocycles. The summed E-state index contributed by atoms with van der Waals surface area (Å²) in [5.41, 5.74) is 1.22. The van der Waals surface area contributed by atoms with Crippen LogP contribution in [-0.2, 0) is 9.53 Å². The molecule has 0 bridgehead atoms. The molecule has 0 atom stereocenters. The molecule has 148 valence electrons. The Labute approximate surface area is 158 Å². The van der Waals surface area contributed by atoms with Crippen LogP contribution in [0.1, 0.15) is 24.8 Å². The molecule has 0 radical (unpaired) electrons. The van der Waals surface area contributed by atoms with E-state index in [2.05, 4.69) is 22.5 Å². The standard InChI is InChI=1S/C20H35N3O3/c1-18-6-8-19(9-7-18)25-16-4-5-17-26-20(24)10-13-23(14-11-21-2)15-12-22-3/h6-9,21-22H,4-5,10-17H2,1-3H3. The van der Waals surface area contributed by atoms with Crippen molar-refractivity contribution >= 4 is 5.97 Å². The highest BCUT2D eigenvalue weighted by molar-refractivity contribution is 5.69. The number of carbonyl (C=O) groups excluding carboxylic acids is 1. The minimum atomic E-state index is -0.122. The monoisotopic (exact) mass is 365 g/mol. The van der Waals surface area contributed by atoms with E-state index < -0.39 is 0 Å². The third-order valence-corrected chi connectivity index (χ3v) is 4.08. The highest BCUT2D eigenvalue weighted by atomic mass is 16.5. The smallest absolute Gasteiger partial charge is 0.307 e. The second kappa shape index (κ2) is 14.5. The number of nitrogens with zero attached hydrogens (tertiary/aromatic N) is 1. The third-order valence-electron chi connectivity index (χ3n) is 4.08. The molecule has 0 saturated heterocycles. The van der Waals surface area contributed by atoms with Gasteiger partial charge in [-0.1, -0.05) is 17.7 Å². The van der Waals surface area contributed by atoms with Gasteiger partial charge in [-0.15, -0.1) is 0 Å². The lowest BCUT2D eigenvalue weighted by Crippen LogP contribution is -2.37. The quantitative estimate of drug-likeness (QED) is 0.365. The van der Waals surface area contributed by atoms with Crippen LogP contribution < -0.4 is 15.4 Å². The molecule has 26 heavy (non-hydrogen) atoms. The Morgan fingerprint density at radius 3 is 2.19 bits per heavy atom. The molecule has 0 aromatic heterocycles. The first-order valence-corrected chi connectivity index (χ1v) is 9.52. The van der Waals surface area contributed by atoms with Crippen LogP contribution in [0.3, 0.4) is 0 Å². The number of aryl methyl sites for hydroxylation is 1. The van der Waals surface area contributed by atoms with E-state index in [1.54, 1.807) is 0 Å². The molecular formula is C20H35N3O3. The lowest BCUT2D eigenvalue weighted by Gasteiger charge is -2.21. The van der Waals surface area contributed by atoms with Crippen LogP contribution in [0.15, 0.2) is 24.3 Å². The Morgan fingerprint density at radius 1 is 0.962 bits per heavy atom. The summed E-state index contributed by atoms with van der Waals surface area (Å²) in [6.07, 6.45) is 2.13. The van der Waals surface area contributed by atoms with Crippen LogP contribution in [0.2, 0.25) is 0 Å². The highest BCUT2D eigenvalue weighted by Crippen LogP contribution is 2.11. The number of rotatable bonds is 15. The average Bonchev–Trinajstić information content (AvgIpc) is 2.65. The lowest BCUT2D eigenvalue weighted by atomic mass is 10.2. The summed E-state index contributed by atoms with van der Waals surface area (Å²) in [5, 5.41) is 6.28. The van der Waals surface area contributed by atoms with Crippen molar-refractivity contribution in [3.63, 3.8) is 0 Å². The van der Waals surface area contributed by atoms with Gasteiger partial charge in [0, 0.05) is 32.7 Å². The molecular weight excluding hydrogens is 330 g/mol. The zero-order chi connectivity index (χ0) is 19.0. The van der Waals surface area contributed by atoms with E-state index in [1.165, 1.54) is 5.56 Å². The number of unbranched alkanes of at least 4 members (excludes halogenated alkanes) is 1. The number of hydrogen-bond acceptors (Lipinski definition) is 6. The van der Waals surface area contributed by atoms with E-state index in [0.717, 1.165) is 51.3 Å². The van der Waals surface area contributed by atoms with Crippen molar-refractivity contribution in [1.82, 2.24) is 15.5 Å². The predicted molar refractivity (Wildman–Crippen MR) is 106 cm³/mol. The van der Waals surface area contributed by atoms with Gasteiger partial charge >= 0.3 is 5.97 Å². The normalized spacial score (nSPS) is 10.9. The molecule has 1 rings (SSSR count). The zero-order valence-electron chi connectivity index (χ0n) is 16.6. The first-order chi connectivity index (χ1) is 12.7. The summed E-state index contributed by atoms with van der Waals surface area (Å²) in [7, 11) is 3.88. The fourth-order valence-electron chi connectivity index (χ4n) is 2.41. The second-order valence-electron chi connectivity index (χ2n) is 6.39. The number of ether oxygens (including phenoxy) is 2. The number of carbonyl (C=O) groups is 1. The van der Waals surface area contributed by atoms with E-state index in [4.69, 9.17) is 9.47 Å². The lowest BCUT2D eigenvalue weighted by molar-refractivity contribution is -0.144. The van der Waals surface area contributed by atoms with Crippen LogP contribution in [0.4, 0.5) is 0 Å². The summed E-state index contributed by atoms with van der Waals surface area (Å²) in [6.45, 7) is 7.59. The molecule has 2 N–H and O–H groups in total. The Morgan fingerprint density at radius 2 is 1.58 bits per heavy atom. The van der Waals surface area contributed by atoms with Gasteiger partial charge in [-0.05, 0) is 46.0 Å². The summed E-state index contributed by atoms with van der Waals surface area (Å²) in [5.74, 6) is 0.763. The Hall–Kier alpha value is -1.63. The molecule has 1 aromatic rings. The summed E-state index contributed by atoms with van der Waals surface area (Å²) in [6, 6.07) is 8.02. The predicted octanol–water partition coefficient (Wildman–Crippen LogP) is 1.83. The van der Waals surface area contributed by atoms with Gasteiger partial charge in [0.05, 0.1) is 19.6 Å². The van der Waals surface area contributed by atoms with Crippen LogP contribution >= 0.6 is 0 Å². The third kappa shape index (κ3) is 11.1.